The van der Waals surface area contributed by atoms with E-state index in [-0.39, 0.29) is 0 Å². The van der Waals surface area contributed by atoms with E-state index < -0.39 is 22.8 Å². The number of aliphatic hydroxyl groups is 1. The molecule has 4 nitrogen and oxygen atoms in total. The molecule has 4 saturated carbocycles. The predicted molar refractivity (Wildman–Crippen MR) is 54.7 cm³/mol. The first-order chi connectivity index (χ1) is 7.42. The van der Waals surface area contributed by atoms with Gasteiger partial charge in [-0.3, -0.25) is 4.79 Å². The molecule has 0 aromatic rings. The number of rotatable bonds is 2. The highest BCUT2D eigenvalue weighted by Gasteiger charge is 2.61. The van der Waals surface area contributed by atoms with E-state index >= 15 is 0 Å². The van der Waals surface area contributed by atoms with Crippen LogP contribution >= 0.6 is 0 Å². The highest BCUT2D eigenvalue weighted by atomic mass is 16.4. The third kappa shape index (κ3) is 1.25. The molecule has 0 aliphatic heterocycles. The second-order valence-corrected chi connectivity index (χ2v) is 6.10. The molecule has 4 aliphatic carbocycles. The van der Waals surface area contributed by atoms with Gasteiger partial charge < -0.3 is 10.2 Å². The minimum absolute atomic E-state index is 0.356. The summed E-state index contributed by atoms with van der Waals surface area (Å²) in [5.41, 5.74) is -1.50. The van der Waals surface area contributed by atoms with Gasteiger partial charge in [-0.05, 0) is 50.4 Å². The van der Waals surface area contributed by atoms with E-state index in [0.29, 0.717) is 31.1 Å². The lowest BCUT2D eigenvalue weighted by molar-refractivity contribution is -0.182. The zero-order valence-corrected chi connectivity index (χ0v) is 9.11. The van der Waals surface area contributed by atoms with Crippen LogP contribution in [0.3, 0.4) is 0 Å². The summed E-state index contributed by atoms with van der Waals surface area (Å²) in [5.74, 6) is -1.28. The quantitative estimate of drug-likeness (QED) is 0.685. The molecule has 0 amide bonds. The Morgan fingerprint density at radius 1 is 1.06 bits per heavy atom. The Balaban J connectivity index is 1.98. The van der Waals surface area contributed by atoms with E-state index in [0.717, 1.165) is 19.3 Å². The summed E-state index contributed by atoms with van der Waals surface area (Å²) in [6.45, 7) is 0. The molecule has 0 spiro atoms. The lowest BCUT2D eigenvalue weighted by Crippen LogP contribution is -2.59. The van der Waals surface area contributed by atoms with Gasteiger partial charge in [-0.25, -0.2) is 4.79 Å². The summed E-state index contributed by atoms with van der Waals surface area (Å²) in [5, 5.41) is 19.2. The molecule has 4 heteroatoms. The average Bonchev–Trinajstić information content (AvgIpc) is 2.12. The third-order valence-corrected chi connectivity index (χ3v) is 4.71. The van der Waals surface area contributed by atoms with Gasteiger partial charge in [0.25, 0.3) is 0 Å². The van der Waals surface area contributed by atoms with Crippen LogP contribution in [-0.2, 0) is 9.59 Å². The topological polar surface area (TPSA) is 74.6 Å². The second kappa shape index (κ2) is 2.86. The molecule has 0 saturated heterocycles. The fourth-order valence-electron chi connectivity index (χ4n) is 4.71. The van der Waals surface area contributed by atoms with Crippen LogP contribution in [0, 0.1) is 17.3 Å². The number of aliphatic carboxylic acids is 1. The van der Waals surface area contributed by atoms with Gasteiger partial charge in [0.2, 0.25) is 5.78 Å². The molecule has 2 atom stereocenters. The first kappa shape index (κ1) is 10.3. The van der Waals surface area contributed by atoms with Gasteiger partial charge in [-0.2, -0.15) is 0 Å². The lowest BCUT2D eigenvalue weighted by atomic mass is 9.47. The summed E-state index contributed by atoms with van der Waals surface area (Å²) >= 11 is 0. The van der Waals surface area contributed by atoms with Gasteiger partial charge in [-0.15, -0.1) is 0 Å². The number of Topliss-reactive ketones (excluding diaryl/α,β-unsaturated/α-hetero) is 1. The van der Waals surface area contributed by atoms with Gasteiger partial charge >= 0.3 is 5.97 Å². The fourth-order valence-corrected chi connectivity index (χ4v) is 4.71. The maximum atomic E-state index is 11.8. The van der Waals surface area contributed by atoms with Crippen LogP contribution < -0.4 is 0 Å². The average molecular weight is 224 g/mol. The normalized spacial score (nSPS) is 49.3. The SMILES string of the molecule is O=C(O)C(=O)C12C[C@@H]3C[C@H](CC(O)(C3)C1)C2. The summed E-state index contributed by atoms with van der Waals surface area (Å²) in [7, 11) is 0. The molecule has 0 aromatic heterocycles. The minimum atomic E-state index is -1.33. The minimum Gasteiger partial charge on any atom is -0.475 e. The smallest absolute Gasteiger partial charge is 0.372 e. The van der Waals surface area contributed by atoms with Crippen molar-refractivity contribution in [3.8, 4) is 0 Å². The molecule has 88 valence electrons. The first-order valence-electron chi connectivity index (χ1n) is 5.93. The van der Waals surface area contributed by atoms with Gasteiger partial charge in [0.15, 0.2) is 0 Å². The maximum Gasteiger partial charge on any atom is 0.372 e. The van der Waals surface area contributed by atoms with Gasteiger partial charge in [0.1, 0.15) is 0 Å². The van der Waals surface area contributed by atoms with Crippen molar-refractivity contribution in [1.29, 1.82) is 0 Å². The zero-order valence-electron chi connectivity index (χ0n) is 9.11. The number of carboxylic acid groups (broad SMARTS) is 1. The molecular weight excluding hydrogens is 208 g/mol. The first-order valence-corrected chi connectivity index (χ1v) is 5.93. The predicted octanol–water partition coefficient (Wildman–Crippen LogP) is 0.971. The Bertz CT molecular complexity index is 359. The van der Waals surface area contributed by atoms with Crippen molar-refractivity contribution in [2.24, 2.45) is 17.3 Å². The van der Waals surface area contributed by atoms with E-state index in [1.165, 1.54) is 0 Å². The molecule has 0 aromatic carbocycles. The van der Waals surface area contributed by atoms with E-state index in [1.54, 1.807) is 0 Å². The molecule has 2 N–H and O–H groups in total. The fraction of sp³-hybridized carbons (Fsp3) is 0.833. The highest BCUT2D eigenvalue weighted by molar-refractivity contribution is 6.35. The van der Waals surface area contributed by atoms with Crippen molar-refractivity contribution < 1.29 is 19.8 Å². The molecule has 4 fully saturated rings. The molecule has 16 heavy (non-hydrogen) atoms. The van der Waals surface area contributed by atoms with Crippen LogP contribution in [0.25, 0.3) is 0 Å². The molecule has 4 aliphatic rings. The standard InChI is InChI=1S/C12H16O4/c13-9(10(14)15)11-2-7-1-8(3-11)5-12(16,4-7)6-11/h7-8,16H,1-6H2,(H,14,15)/t7-,8-,11?,12?/m0/s1. The Kier molecular flexibility index (Phi) is 1.83. The van der Waals surface area contributed by atoms with E-state index in [2.05, 4.69) is 0 Å². The summed E-state index contributed by atoms with van der Waals surface area (Å²) < 4.78 is 0. The monoisotopic (exact) mass is 224 g/mol. The van der Waals surface area contributed by atoms with Crippen molar-refractivity contribution in [3.05, 3.63) is 0 Å². The van der Waals surface area contributed by atoms with Crippen LogP contribution in [0.15, 0.2) is 0 Å². The van der Waals surface area contributed by atoms with Crippen LogP contribution in [0.1, 0.15) is 38.5 Å². The third-order valence-electron chi connectivity index (χ3n) is 4.71. The van der Waals surface area contributed by atoms with Crippen LogP contribution in [0.5, 0.6) is 0 Å². The molecule has 4 bridgehead atoms. The van der Waals surface area contributed by atoms with E-state index in [9.17, 15) is 14.7 Å². The van der Waals surface area contributed by atoms with Crippen molar-refractivity contribution in [2.75, 3.05) is 0 Å². The molecule has 0 unspecified atom stereocenters. The number of hydrogen-bond donors (Lipinski definition) is 2. The highest BCUT2D eigenvalue weighted by Crippen LogP contribution is 2.61. The number of carbonyl (C=O) groups is 2. The number of carbonyl (C=O) groups excluding carboxylic acids is 1. The second-order valence-electron chi connectivity index (χ2n) is 6.10. The number of carboxylic acids is 1. The zero-order chi connectivity index (χ0) is 11.6. The Hall–Kier alpha value is -0.900. The van der Waals surface area contributed by atoms with Crippen molar-refractivity contribution in [3.63, 3.8) is 0 Å². The molecule has 4 rings (SSSR count). The Labute approximate surface area is 93.6 Å². The number of hydrogen-bond acceptors (Lipinski definition) is 3. The summed E-state index contributed by atoms with van der Waals surface area (Å²) in [4.78, 5) is 22.7. The summed E-state index contributed by atoms with van der Waals surface area (Å²) in [6.07, 6.45) is 4.32. The van der Waals surface area contributed by atoms with Gasteiger partial charge in [0, 0.05) is 5.41 Å². The maximum absolute atomic E-state index is 11.8. The van der Waals surface area contributed by atoms with Crippen molar-refractivity contribution >= 4 is 11.8 Å². The number of ketones is 1. The van der Waals surface area contributed by atoms with Crippen LogP contribution in [0.4, 0.5) is 0 Å². The van der Waals surface area contributed by atoms with Gasteiger partial charge in [0.05, 0.1) is 5.60 Å². The molecule has 0 radical (unpaired) electrons. The van der Waals surface area contributed by atoms with Crippen molar-refractivity contribution in [2.45, 2.75) is 44.1 Å². The van der Waals surface area contributed by atoms with Crippen LogP contribution in [-0.4, -0.2) is 27.6 Å². The lowest BCUT2D eigenvalue weighted by Gasteiger charge is -2.58. The molecular formula is C12H16O4. The largest absolute Gasteiger partial charge is 0.475 e. The van der Waals surface area contributed by atoms with Gasteiger partial charge in [-0.1, -0.05) is 0 Å². The molecule has 0 heterocycles. The van der Waals surface area contributed by atoms with E-state index in [1.807, 2.05) is 0 Å². The summed E-state index contributed by atoms with van der Waals surface area (Å²) in [6, 6.07) is 0. The Morgan fingerprint density at radius 3 is 2.06 bits per heavy atom. The van der Waals surface area contributed by atoms with E-state index in [4.69, 9.17) is 5.11 Å². The van der Waals surface area contributed by atoms with Crippen LogP contribution in [0.2, 0.25) is 0 Å². The van der Waals surface area contributed by atoms with Crippen molar-refractivity contribution in [1.82, 2.24) is 0 Å². The Morgan fingerprint density at radius 2 is 1.62 bits per heavy atom.